The fraction of sp³-hybridized carbons (Fsp3) is 1.00. The summed E-state index contributed by atoms with van der Waals surface area (Å²) in [7, 11) is 1.23. The second-order valence-corrected chi connectivity index (χ2v) is 3.25. The molecule has 0 rings (SSSR count). The van der Waals surface area contributed by atoms with Gasteiger partial charge in [-0.3, -0.25) is 0 Å². The summed E-state index contributed by atoms with van der Waals surface area (Å²) in [6, 6.07) is 2.90. The van der Waals surface area contributed by atoms with Crippen molar-refractivity contribution in [2.24, 2.45) is 0 Å². The van der Waals surface area contributed by atoms with Crippen LogP contribution >= 0.6 is 0 Å². The van der Waals surface area contributed by atoms with Crippen LogP contribution in [-0.2, 0) is 0 Å². The molecule has 0 aliphatic heterocycles. The minimum absolute atomic E-state index is 1.23. The number of hydrogen-bond acceptors (Lipinski definition) is 0. The summed E-state index contributed by atoms with van der Waals surface area (Å²) in [5.74, 6) is 0. The molecule has 0 bridgehead atoms. The van der Waals surface area contributed by atoms with Crippen LogP contribution in [0.2, 0.25) is 12.1 Å². The zero-order valence-corrected chi connectivity index (χ0v) is 6.33. The van der Waals surface area contributed by atoms with Crippen LogP contribution in [0.3, 0.4) is 0 Å². The highest BCUT2D eigenvalue weighted by Gasteiger charge is 1.64. The van der Waals surface area contributed by atoms with Crippen LogP contribution in [0.1, 0.15) is 26.7 Å². The summed E-state index contributed by atoms with van der Waals surface area (Å²) < 4.78 is 0. The predicted molar refractivity (Wildman–Crippen MR) is 35.9 cm³/mol. The molecule has 43 valence electrons. The van der Waals surface area contributed by atoms with Crippen molar-refractivity contribution in [3.05, 3.63) is 0 Å². The van der Waals surface area contributed by atoms with E-state index in [2.05, 4.69) is 13.8 Å². The molecule has 0 aromatic heterocycles. The smallest absolute Gasteiger partial charge is 0.0683 e. The van der Waals surface area contributed by atoms with E-state index in [-0.39, 0.29) is 0 Å². The molecule has 7 heavy (non-hydrogen) atoms. The highest BCUT2D eigenvalue weighted by molar-refractivity contribution is 6.35. The van der Waals surface area contributed by atoms with Gasteiger partial charge in [-0.15, -0.1) is 0 Å². The van der Waals surface area contributed by atoms with Crippen molar-refractivity contribution >= 4 is 9.52 Å². The SMILES string of the molecule is CCC[Si-]CCC. The van der Waals surface area contributed by atoms with Crippen molar-refractivity contribution in [2.75, 3.05) is 0 Å². The van der Waals surface area contributed by atoms with Gasteiger partial charge in [-0.2, -0.15) is 0 Å². The van der Waals surface area contributed by atoms with Crippen LogP contribution in [-0.4, -0.2) is 9.52 Å². The van der Waals surface area contributed by atoms with Gasteiger partial charge < -0.3 is 9.52 Å². The summed E-state index contributed by atoms with van der Waals surface area (Å²) in [6.45, 7) is 4.51. The molecule has 0 aromatic rings. The van der Waals surface area contributed by atoms with Crippen molar-refractivity contribution in [2.45, 2.75) is 38.8 Å². The third-order valence-electron chi connectivity index (χ3n) is 0.854. The largest absolute Gasteiger partial charge is 0.429 e. The van der Waals surface area contributed by atoms with Crippen LogP contribution < -0.4 is 0 Å². The first-order chi connectivity index (χ1) is 3.41. The van der Waals surface area contributed by atoms with Crippen LogP contribution in [0, 0.1) is 0 Å². The lowest BCUT2D eigenvalue weighted by Crippen LogP contribution is -1.84. The molecule has 0 amide bonds. The molecule has 0 heterocycles. The second-order valence-electron chi connectivity index (χ2n) is 1.75. The molecule has 0 spiro atoms. The Morgan fingerprint density at radius 3 is 1.71 bits per heavy atom. The fourth-order valence-electron chi connectivity index (χ4n) is 0.479. The summed E-state index contributed by atoms with van der Waals surface area (Å²) in [4.78, 5) is 0. The van der Waals surface area contributed by atoms with Gasteiger partial charge >= 0.3 is 0 Å². The highest BCUT2D eigenvalue weighted by atomic mass is 28.2. The van der Waals surface area contributed by atoms with Gasteiger partial charge in [0.2, 0.25) is 0 Å². The Morgan fingerprint density at radius 2 is 1.43 bits per heavy atom. The molecule has 0 saturated heterocycles. The molecule has 0 fully saturated rings. The van der Waals surface area contributed by atoms with Crippen LogP contribution in [0.15, 0.2) is 0 Å². The Bertz CT molecular complexity index is 23.4. The molecular formula is C6H14Si-. The lowest BCUT2D eigenvalue weighted by Gasteiger charge is -2.08. The maximum Gasteiger partial charge on any atom is -0.0683 e. The van der Waals surface area contributed by atoms with E-state index in [1.807, 2.05) is 0 Å². The van der Waals surface area contributed by atoms with Gasteiger partial charge in [0.25, 0.3) is 0 Å². The average Bonchev–Trinajstić information content (AvgIpc) is 1.69. The second kappa shape index (κ2) is 6.22. The molecule has 0 N–H and O–H groups in total. The normalized spacial score (nSPS) is 9.43. The van der Waals surface area contributed by atoms with Gasteiger partial charge in [0, 0.05) is 0 Å². The maximum absolute atomic E-state index is 2.25. The minimum atomic E-state index is 1.23. The molecule has 0 atom stereocenters. The van der Waals surface area contributed by atoms with E-state index >= 15 is 0 Å². The zero-order chi connectivity index (χ0) is 5.54. The van der Waals surface area contributed by atoms with Crippen molar-refractivity contribution in [3.63, 3.8) is 0 Å². The summed E-state index contributed by atoms with van der Waals surface area (Å²) in [6.07, 6.45) is 2.75. The summed E-state index contributed by atoms with van der Waals surface area (Å²) in [5, 5.41) is 0. The fourth-order valence-corrected chi connectivity index (χ4v) is 1.44. The molecule has 0 aromatic carbocycles. The van der Waals surface area contributed by atoms with E-state index < -0.39 is 0 Å². The molecule has 0 aliphatic rings. The Kier molecular flexibility index (Phi) is 6.41. The van der Waals surface area contributed by atoms with Crippen LogP contribution in [0.4, 0.5) is 0 Å². The summed E-state index contributed by atoms with van der Waals surface area (Å²) in [5.41, 5.74) is 0. The average molecular weight is 114 g/mol. The zero-order valence-electron chi connectivity index (χ0n) is 5.33. The van der Waals surface area contributed by atoms with Crippen LogP contribution in [0.5, 0.6) is 0 Å². The van der Waals surface area contributed by atoms with Crippen molar-refractivity contribution in [1.82, 2.24) is 0 Å². The van der Waals surface area contributed by atoms with E-state index in [1.54, 1.807) is 0 Å². The van der Waals surface area contributed by atoms with Crippen LogP contribution in [0.25, 0.3) is 0 Å². The molecule has 0 aliphatic carbocycles. The van der Waals surface area contributed by atoms with Gasteiger partial charge in [-0.25, -0.2) is 12.1 Å². The first kappa shape index (κ1) is 7.22. The Hall–Kier alpha value is 0.217. The van der Waals surface area contributed by atoms with E-state index in [4.69, 9.17) is 0 Å². The topological polar surface area (TPSA) is 0 Å². The molecule has 1 heteroatoms. The number of rotatable bonds is 4. The third-order valence-corrected chi connectivity index (χ3v) is 2.56. The standard InChI is InChI=1S/C6H14Si/c1-3-5-7-6-4-2/h3-6H2,1-2H3/q-1. The molecule has 0 unspecified atom stereocenters. The first-order valence-corrected chi connectivity index (χ1v) is 4.54. The van der Waals surface area contributed by atoms with E-state index in [0.717, 1.165) is 0 Å². The quantitative estimate of drug-likeness (QED) is 0.389. The van der Waals surface area contributed by atoms with E-state index in [1.165, 1.54) is 34.4 Å². The Labute approximate surface area is 49.1 Å². The van der Waals surface area contributed by atoms with Gasteiger partial charge in [-0.1, -0.05) is 26.7 Å². The van der Waals surface area contributed by atoms with Crippen molar-refractivity contribution < 1.29 is 0 Å². The molecular weight excluding hydrogens is 100 g/mol. The predicted octanol–water partition coefficient (Wildman–Crippen LogP) is 2.35. The molecule has 0 nitrogen and oxygen atoms in total. The van der Waals surface area contributed by atoms with Gasteiger partial charge in [-0.05, 0) is 0 Å². The van der Waals surface area contributed by atoms with Gasteiger partial charge in [0.05, 0.1) is 0 Å². The maximum atomic E-state index is 2.25. The molecule has 0 saturated carbocycles. The van der Waals surface area contributed by atoms with E-state index in [0.29, 0.717) is 0 Å². The Balaban J connectivity index is 2.45. The number of hydrogen-bond donors (Lipinski definition) is 0. The van der Waals surface area contributed by atoms with Gasteiger partial charge in [0.15, 0.2) is 0 Å². The first-order valence-electron chi connectivity index (χ1n) is 3.12. The lowest BCUT2D eigenvalue weighted by atomic mass is 10.6. The van der Waals surface area contributed by atoms with E-state index in [9.17, 15) is 0 Å². The Morgan fingerprint density at radius 1 is 1.00 bits per heavy atom. The van der Waals surface area contributed by atoms with Gasteiger partial charge in [0.1, 0.15) is 0 Å². The monoisotopic (exact) mass is 114 g/mol. The lowest BCUT2D eigenvalue weighted by molar-refractivity contribution is 1.02. The minimum Gasteiger partial charge on any atom is -0.429 e. The van der Waals surface area contributed by atoms with Crippen molar-refractivity contribution in [1.29, 1.82) is 0 Å². The van der Waals surface area contributed by atoms with Crippen molar-refractivity contribution in [3.8, 4) is 0 Å². The molecule has 1 radical (unpaired) electrons. The summed E-state index contributed by atoms with van der Waals surface area (Å²) >= 11 is 0. The highest BCUT2D eigenvalue weighted by Crippen LogP contribution is 1.92. The third kappa shape index (κ3) is 6.22.